The van der Waals surface area contributed by atoms with Gasteiger partial charge in [-0.25, -0.2) is 22.8 Å². The molecule has 2 aromatic carbocycles. The molecule has 1 aliphatic rings. The summed E-state index contributed by atoms with van der Waals surface area (Å²) in [4.78, 5) is 39.7. The Morgan fingerprint density at radius 1 is 1.10 bits per heavy atom. The molecular weight excluding hydrogens is 693 g/mol. The van der Waals surface area contributed by atoms with E-state index < -0.39 is 52.5 Å². The van der Waals surface area contributed by atoms with Gasteiger partial charge in [-0.1, -0.05) is 24.3 Å². The van der Waals surface area contributed by atoms with Gasteiger partial charge >= 0.3 is 17.9 Å². The van der Waals surface area contributed by atoms with E-state index in [-0.39, 0.29) is 68.4 Å². The Bertz CT molecular complexity index is 1760. The number of benzene rings is 2. The lowest BCUT2D eigenvalue weighted by atomic mass is 9.89. The van der Waals surface area contributed by atoms with Crippen LogP contribution in [0.25, 0.3) is 6.08 Å². The van der Waals surface area contributed by atoms with Crippen molar-refractivity contribution in [2.45, 2.75) is 61.5 Å². The van der Waals surface area contributed by atoms with Gasteiger partial charge in [0.1, 0.15) is 30.1 Å². The average molecular weight is 729 g/mol. The van der Waals surface area contributed by atoms with Crippen molar-refractivity contribution in [1.29, 1.82) is 5.26 Å². The van der Waals surface area contributed by atoms with Gasteiger partial charge in [0.15, 0.2) is 11.9 Å². The van der Waals surface area contributed by atoms with Crippen molar-refractivity contribution in [3.8, 4) is 6.07 Å². The number of allylic oxidation sites excluding steroid dienone is 2. The monoisotopic (exact) mass is 728 g/mol. The maximum absolute atomic E-state index is 15.6. The molecule has 12 nitrogen and oxygen atoms in total. The van der Waals surface area contributed by atoms with Crippen molar-refractivity contribution in [1.82, 2.24) is 14.8 Å². The number of carboxylic acids is 1. The average Bonchev–Trinajstić information content (AvgIpc) is 3.61. The number of thioether (sulfide) groups is 1. The van der Waals surface area contributed by atoms with E-state index in [1.165, 1.54) is 53.4 Å². The molecule has 4 rings (SSSR count). The van der Waals surface area contributed by atoms with Crippen LogP contribution in [0.1, 0.15) is 49.3 Å². The van der Waals surface area contributed by atoms with Crippen LogP contribution in [0.4, 0.5) is 13.2 Å². The summed E-state index contributed by atoms with van der Waals surface area (Å²) in [6.07, 6.45) is 7.43. The molecule has 16 heteroatoms. The number of rotatable bonds is 17. The van der Waals surface area contributed by atoms with Gasteiger partial charge in [0.2, 0.25) is 0 Å². The van der Waals surface area contributed by atoms with Crippen molar-refractivity contribution in [3.63, 3.8) is 0 Å². The summed E-state index contributed by atoms with van der Waals surface area (Å²) in [6, 6.07) is 9.00. The Morgan fingerprint density at radius 3 is 2.55 bits per heavy atom. The number of hydrogen-bond acceptors (Lipinski definition) is 11. The predicted octanol–water partition coefficient (Wildman–Crippen LogP) is 5.33. The van der Waals surface area contributed by atoms with Crippen molar-refractivity contribution in [2.75, 3.05) is 19.8 Å². The highest BCUT2D eigenvalue weighted by atomic mass is 32.2. The lowest BCUT2D eigenvalue weighted by molar-refractivity contribution is -0.164. The zero-order valence-corrected chi connectivity index (χ0v) is 28.3. The molecule has 1 aromatic heterocycles. The summed E-state index contributed by atoms with van der Waals surface area (Å²) in [5, 5.41) is 20.7. The largest absolute Gasteiger partial charge is 0.481 e. The fraction of sp³-hybridized carbons (Fsp3) is 0.371. The molecule has 0 radical (unpaired) electrons. The van der Waals surface area contributed by atoms with Crippen LogP contribution in [0.3, 0.4) is 0 Å². The van der Waals surface area contributed by atoms with Crippen LogP contribution in [-0.2, 0) is 45.5 Å². The smallest absolute Gasteiger partial charge is 0.306 e. The summed E-state index contributed by atoms with van der Waals surface area (Å²) in [5.74, 6) is -4.94. The minimum absolute atomic E-state index is 0.0429. The van der Waals surface area contributed by atoms with Crippen LogP contribution in [0, 0.1) is 28.8 Å². The van der Waals surface area contributed by atoms with Crippen LogP contribution in [0.2, 0.25) is 0 Å². The second-order valence-corrected chi connectivity index (χ2v) is 13.0. The van der Waals surface area contributed by atoms with E-state index in [2.05, 4.69) is 10.1 Å². The number of carbonyl (C=O) groups is 3. The molecule has 0 spiro atoms. The van der Waals surface area contributed by atoms with Gasteiger partial charge in [0, 0.05) is 28.9 Å². The van der Waals surface area contributed by atoms with E-state index in [4.69, 9.17) is 29.3 Å². The molecule has 1 fully saturated rings. The fourth-order valence-corrected chi connectivity index (χ4v) is 6.42. The van der Waals surface area contributed by atoms with E-state index in [1.807, 2.05) is 6.07 Å². The van der Waals surface area contributed by atoms with Gasteiger partial charge < -0.3 is 24.1 Å². The molecule has 0 bridgehead atoms. The lowest BCUT2D eigenvalue weighted by Crippen LogP contribution is -2.47. The van der Waals surface area contributed by atoms with Crippen LogP contribution in [0.15, 0.2) is 67.3 Å². The minimum Gasteiger partial charge on any atom is -0.481 e. The Labute approximate surface area is 295 Å². The van der Waals surface area contributed by atoms with Crippen LogP contribution in [0.5, 0.6) is 0 Å². The first-order chi connectivity index (χ1) is 24.5. The zero-order chi connectivity index (χ0) is 36.8. The van der Waals surface area contributed by atoms with Gasteiger partial charge in [-0.05, 0) is 43.7 Å². The van der Waals surface area contributed by atoms with E-state index >= 15 is 4.39 Å². The van der Waals surface area contributed by atoms with Crippen molar-refractivity contribution >= 4 is 35.7 Å². The molecule has 0 saturated carbocycles. The van der Waals surface area contributed by atoms with E-state index in [0.717, 1.165) is 12.1 Å². The molecule has 3 aromatic rings. The molecule has 0 amide bonds. The number of nitrogens with zero attached hydrogens (tertiary/aromatic N) is 4. The third kappa shape index (κ3) is 11.5. The highest BCUT2D eigenvalue weighted by Gasteiger charge is 2.46. The molecule has 51 heavy (non-hydrogen) atoms. The van der Waals surface area contributed by atoms with Gasteiger partial charge in [-0.2, -0.15) is 10.4 Å². The van der Waals surface area contributed by atoms with Crippen LogP contribution >= 0.6 is 11.8 Å². The van der Waals surface area contributed by atoms with Gasteiger partial charge in [-0.3, -0.25) is 14.4 Å². The highest BCUT2D eigenvalue weighted by molar-refractivity contribution is 8.00. The Morgan fingerprint density at radius 2 is 1.88 bits per heavy atom. The Hall–Kier alpha value is -4.98. The number of esters is 2. The zero-order valence-electron chi connectivity index (χ0n) is 27.5. The standard InChI is InChI=1S/C35H35F3N4O8S/c1-23(51-27-18-48-34(49-19-27)7-3-2-5-25-9-8-24(17-39)15-29(25)37)35(20-42-22-40-21-41-42,28-11-10-26(36)16-30(28)38)50-33(46)6-4-14-47-32(45)13-12-31(43)44/h2-3,5,7-11,15-16,21-23,27,34H,4,6,12-14,18-20H2,1H3,(H,43,44)/b5-2+,7-3+/t23-,27-,34-,35-/m1/s1. The summed E-state index contributed by atoms with van der Waals surface area (Å²) >= 11 is 1.30. The quantitative estimate of drug-likeness (QED) is 0.108. The highest BCUT2D eigenvalue weighted by Crippen LogP contribution is 2.42. The summed E-state index contributed by atoms with van der Waals surface area (Å²) < 4.78 is 67.9. The number of carbonyl (C=O) groups excluding carboxylic acids is 2. The number of aromatic nitrogens is 3. The number of ether oxygens (including phenoxy) is 4. The first-order valence-electron chi connectivity index (χ1n) is 15.8. The molecule has 2 heterocycles. The topological polar surface area (TPSA) is 163 Å². The van der Waals surface area contributed by atoms with Crippen LogP contribution in [-0.4, -0.2) is 74.4 Å². The number of carboxylic acid groups (broad SMARTS) is 1. The maximum Gasteiger partial charge on any atom is 0.306 e. The molecule has 0 aliphatic carbocycles. The SMILES string of the molecule is C[C@@H](S[C@H]1CO[C@H](/C=C/C=C/c2ccc(C#N)cc2F)OC1)[C@@](Cn1cncn1)(OC(=O)CCCOC(=O)CCC(=O)O)c1ccc(F)cc1F. The lowest BCUT2D eigenvalue weighted by Gasteiger charge is -2.40. The molecule has 1 aliphatic heterocycles. The van der Waals surface area contributed by atoms with Crippen molar-refractivity contribution in [3.05, 3.63) is 101 Å². The molecule has 1 saturated heterocycles. The van der Waals surface area contributed by atoms with E-state index in [0.29, 0.717) is 11.6 Å². The number of halogens is 3. The first-order valence-corrected chi connectivity index (χ1v) is 16.7. The van der Waals surface area contributed by atoms with Crippen molar-refractivity contribution in [2.24, 2.45) is 0 Å². The number of nitriles is 1. The normalized spacial score (nSPS) is 17.9. The maximum atomic E-state index is 15.6. The summed E-state index contributed by atoms with van der Waals surface area (Å²) in [5.41, 5.74) is -1.32. The molecule has 270 valence electrons. The number of aliphatic carboxylic acids is 1. The molecule has 0 unspecified atom stereocenters. The minimum atomic E-state index is -1.74. The predicted molar refractivity (Wildman–Crippen MR) is 177 cm³/mol. The number of hydrogen-bond donors (Lipinski definition) is 1. The molecule has 1 N–H and O–H groups in total. The van der Waals surface area contributed by atoms with Crippen molar-refractivity contribution < 1.29 is 51.6 Å². The second-order valence-electron chi connectivity index (χ2n) is 11.3. The third-order valence-electron chi connectivity index (χ3n) is 7.61. The van der Waals surface area contributed by atoms with Crippen LogP contribution < -0.4 is 0 Å². The van der Waals surface area contributed by atoms with Gasteiger partial charge in [0.25, 0.3) is 0 Å². The molecular formula is C35H35F3N4O8S. The molecule has 2 atom stereocenters. The Kier molecular flexibility index (Phi) is 14.4. The Balaban J connectivity index is 1.44. The van der Waals surface area contributed by atoms with E-state index in [1.54, 1.807) is 25.2 Å². The van der Waals surface area contributed by atoms with Gasteiger partial charge in [0.05, 0.1) is 56.1 Å². The van der Waals surface area contributed by atoms with E-state index in [9.17, 15) is 23.2 Å². The first kappa shape index (κ1) is 38.8. The third-order valence-corrected chi connectivity index (χ3v) is 9.05. The summed E-state index contributed by atoms with van der Waals surface area (Å²) in [7, 11) is 0. The second kappa shape index (κ2) is 18.9. The summed E-state index contributed by atoms with van der Waals surface area (Å²) in [6.45, 7) is 1.76. The fourth-order valence-electron chi connectivity index (χ4n) is 5.06. The van der Waals surface area contributed by atoms with Gasteiger partial charge in [-0.15, -0.1) is 11.8 Å².